The lowest BCUT2D eigenvalue weighted by molar-refractivity contribution is 0.209. The van der Waals surface area contributed by atoms with Crippen molar-refractivity contribution in [2.24, 2.45) is 0 Å². The lowest BCUT2D eigenvalue weighted by atomic mass is 10.1. The van der Waals surface area contributed by atoms with Gasteiger partial charge in [-0.1, -0.05) is 6.07 Å². The minimum Gasteiger partial charge on any atom is -0.380 e. The fraction of sp³-hybridized carbons (Fsp3) is 0.100. The van der Waals surface area contributed by atoms with Crippen LogP contribution in [0, 0.1) is 0 Å². The van der Waals surface area contributed by atoms with Gasteiger partial charge in [-0.05, 0) is 24.3 Å². The molecule has 0 fully saturated rings. The van der Waals surface area contributed by atoms with E-state index in [1.165, 1.54) is 0 Å². The molecule has 0 saturated carbocycles. The number of hydrogen-bond donors (Lipinski definition) is 1. The van der Waals surface area contributed by atoms with E-state index in [-0.39, 0.29) is 0 Å². The molecule has 4 nitrogen and oxygen atoms in total. The first-order valence-electron chi connectivity index (χ1n) is 4.24. The molecule has 0 aliphatic heterocycles. The molecule has 2 aromatic rings. The van der Waals surface area contributed by atoms with Crippen LogP contribution in [-0.4, -0.2) is 20.3 Å². The predicted molar refractivity (Wildman–Crippen MR) is 50.3 cm³/mol. The number of aliphatic hydroxyl groups is 1. The Morgan fingerprint density at radius 3 is 2.50 bits per heavy atom. The molecule has 14 heavy (non-hydrogen) atoms. The van der Waals surface area contributed by atoms with Crippen LogP contribution in [0.1, 0.15) is 17.5 Å². The van der Waals surface area contributed by atoms with Gasteiger partial charge in [-0.25, -0.2) is 0 Å². The summed E-state index contributed by atoms with van der Waals surface area (Å²) in [5.74, 6) is 0. The summed E-state index contributed by atoms with van der Waals surface area (Å²) in [4.78, 5) is 4.04. The van der Waals surface area contributed by atoms with Crippen LogP contribution in [0.25, 0.3) is 0 Å². The lowest BCUT2D eigenvalue weighted by Crippen LogP contribution is -2.04. The zero-order valence-corrected chi connectivity index (χ0v) is 7.41. The van der Waals surface area contributed by atoms with Gasteiger partial charge in [0.05, 0.1) is 11.4 Å². The molecule has 2 rings (SSSR count). The first-order chi connectivity index (χ1) is 6.88. The predicted octanol–water partition coefficient (Wildman–Crippen LogP) is 0.953. The minimum absolute atomic E-state index is 0.506. The number of aromatic nitrogens is 3. The Balaban J connectivity index is 2.30. The molecule has 1 atom stereocenters. The second-order valence-corrected chi connectivity index (χ2v) is 2.81. The van der Waals surface area contributed by atoms with Crippen molar-refractivity contribution in [3.8, 4) is 0 Å². The molecule has 0 radical (unpaired) electrons. The van der Waals surface area contributed by atoms with E-state index in [0.29, 0.717) is 11.4 Å². The summed E-state index contributed by atoms with van der Waals surface area (Å²) >= 11 is 0. The highest BCUT2D eigenvalue weighted by molar-refractivity contribution is 5.17. The van der Waals surface area contributed by atoms with Crippen molar-refractivity contribution in [2.45, 2.75) is 6.10 Å². The van der Waals surface area contributed by atoms with Crippen molar-refractivity contribution in [1.29, 1.82) is 0 Å². The van der Waals surface area contributed by atoms with Crippen LogP contribution in [0.4, 0.5) is 0 Å². The molecule has 0 aromatic carbocycles. The molecule has 4 heteroatoms. The van der Waals surface area contributed by atoms with Gasteiger partial charge in [0.25, 0.3) is 0 Å². The highest BCUT2D eigenvalue weighted by atomic mass is 16.3. The zero-order valence-electron chi connectivity index (χ0n) is 7.41. The molecule has 0 bridgehead atoms. The molecule has 0 spiro atoms. The van der Waals surface area contributed by atoms with Gasteiger partial charge in [0.2, 0.25) is 0 Å². The normalized spacial score (nSPS) is 12.4. The maximum absolute atomic E-state index is 9.83. The van der Waals surface area contributed by atoms with Crippen LogP contribution >= 0.6 is 0 Å². The Morgan fingerprint density at radius 2 is 1.86 bits per heavy atom. The van der Waals surface area contributed by atoms with Crippen LogP contribution < -0.4 is 0 Å². The van der Waals surface area contributed by atoms with Gasteiger partial charge in [-0.2, -0.15) is 10.2 Å². The van der Waals surface area contributed by atoms with Gasteiger partial charge in [-0.15, -0.1) is 0 Å². The largest absolute Gasteiger partial charge is 0.380 e. The van der Waals surface area contributed by atoms with E-state index >= 15 is 0 Å². The Hall–Kier alpha value is -1.81. The van der Waals surface area contributed by atoms with Gasteiger partial charge >= 0.3 is 0 Å². The molecule has 0 amide bonds. The van der Waals surface area contributed by atoms with E-state index in [0.717, 1.165) is 0 Å². The first-order valence-corrected chi connectivity index (χ1v) is 4.24. The van der Waals surface area contributed by atoms with E-state index in [2.05, 4.69) is 15.2 Å². The molecule has 1 N–H and O–H groups in total. The minimum atomic E-state index is -0.801. The third kappa shape index (κ3) is 1.75. The molecule has 2 aromatic heterocycles. The van der Waals surface area contributed by atoms with Crippen molar-refractivity contribution < 1.29 is 5.11 Å². The maximum Gasteiger partial charge on any atom is 0.140 e. The van der Waals surface area contributed by atoms with Crippen molar-refractivity contribution in [2.75, 3.05) is 0 Å². The quantitative estimate of drug-likeness (QED) is 0.760. The zero-order chi connectivity index (χ0) is 9.80. The van der Waals surface area contributed by atoms with Crippen molar-refractivity contribution in [3.63, 3.8) is 0 Å². The molecule has 2 heterocycles. The van der Waals surface area contributed by atoms with E-state index in [1.54, 1.807) is 36.7 Å². The first kappa shape index (κ1) is 8.77. The van der Waals surface area contributed by atoms with E-state index in [4.69, 9.17) is 0 Å². The SMILES string of the molecule is OC(c1ccccn1)c1cccnn1. The van der Waals surface area contributed by atoms with Crippen molar-refractivity contribution in [1.82, 2.24) is 15.2 Å². The van der Waals surface area contributed by atoms with Gasteiger partial charge in [0.15, 0.2) is 0 Å². The van der Waals surface area contributed by atoms with E-state index in [9.17, 15) is 5.11 Å². The molecule has 70 valence electrons. The number of hydrogen-bond acceptors (Lipinski definition) is 4. The fourth-order valence-electron chi connectivity index (χ4n) is 1.15. The summed E-state index contributed by atoms with van der Waals surface area (Å²) in [5, 5.41) is 17.3. The van der Waals surface area contributed by atoms with Crippen LogP contribution in [-0.2, 0) is 0 Å². The fourth-order valence-corrected chi connectivity index (χ4v) is 1.15. The Kier molecular flexibility index (Phi) is 2.46. The second kappa shape index (κ2) is 3.93. The van der Waals surface area contributed by atoms with Gasteiger partial charge < -0.3 is 5.11 Å². The topological polar surface area (TPSA) is 58.9 Å². The summed E-state index contributed by atoms with van der Waals surface area (Å²) < 4.78 is 0. The molecule has 0 aliphatic carbocycles. The van der Waals surface area contributed by atoms with Crippen molar-refractivity contribution >= 4 is 0 Å². The average Bonchev–Trinajstić information content (AvgIpc) is 2.30. The van der Waals surface area contributed by atoms with Crippen LogP contribution in [0.2, 0.25) is 0 Å². The Labute approximate surface area is 81.3 Å². The van der Waals surface area contributed by atoms with Gasteiger partial charge in [0.1, 0.15) is 6.10 Å². The third-order valence-electron chi connectivity index (χ3n) is 1.84. The van der Waals surface area contributed by atoms with Crippen LogP contribution in [0.15, 0.2) is 42.7 Å². The number of rotatable bonds is 2. The maximum atomic E-state index is 9.83. The Morgan fingerprint density at radius 1 is 1.00 bits per heavy atom. The van der Waals surface area contributed by atoms with Crippen LogP contribution in [0.3, 0.4) is 0 Å². The summed E-state index contributed by atoms with van der Waals surface area (Å²) in [6.07, 6.45) is 2.40. The number of nitrogens with zero attached hydrogens (tertiary/aromatic N) is 3. The van der Waals surface area contributed by atoms with Gasteiger partial charge in [0, 0.05) is 12.4 Å². The molecule has 1 unspecified atom stereocenters. The van der Waals surface area contributed by atoms with E-state index < -0.39 is 6.10 Å². The van der Waals surface area contributed by atoms with Gasteiger partial charge in [-0.3, -0.25) is 4.98 Å². The van der Waals surface area contributed by atoms with Crippen LogP contribution in [0.5, 0.6) is 0 Å². The number of pyridine rings is 1. The molecule has 0 saturated heterocycles. The molecular formula is C10H9N3O. The summed E-state index contributed by atoms with van der Waals surface area (Å²) in [6, 6.07) is 8.81. The van der Waals surface area contributed by atoms with E-state index in [1.807, 2.05) is 6.07 Å². The monoisotopic (exact) mass is 187 g/mol. The highest BCUT2D eigenvalue weighted by Gasteiger charge is 2.11. The Bertz CT molecular complexity index is 351. The lowest BCUT2D eigenvalue weighted by Gasteiger charge is -2.07. The third-order valence-corrected chi connectivity index (χ3v) is 1.84. The summed E-state index contributed by atoms with van der Waals surface area (Å²) in [7, 11) is 0. The average molecular weight is 187 g/mol. The molecule has 0 aliphatic rings. The smallest absolute Gasteiger partial charge is 0.140 e. The summed E-state index contributed by atoms with van der Waals surface area (Å²) in [6.45, 7) is 0. The van der Waals surface area contributed by atoms with Crippen molar-refractivity contribution in [3.05, 3.63) is 54.1 Å². The standard InChI is InChI=1S/C10H9N3O/c14-10(8-4-1-2-6-11-8)9-5-3-7-12-13-9/h1-7,10,14H. The summed E-state index contributed by atoms with van der Waals surface area (Å²) in [5.41, 5.74) is 1.08. The highest BCUT2D eigenvalue weighted by Crippen LogP contribution is 2.15. The molecular weight excluding hydrogens is 178 g/mol. The number of aliphatic hydroxyl groups excluding tert-OH is 1. The second-order valence-electron chi connectivity index (χ2n) is 2.81.